The van der Waals surface area contributed by atoms with Crippen molar-refractivity contribution in [1.29, 1.82) is 0 Å². The Balaban J connectivity index is 0.00000436. The van der Waals surface area contributed by atoms with E-state index in [0.29, 0.717) is 11.5 Å². The zero-order valence-corrected chi connectivity index (χ0v) is 34.6. The summed E-state index contributed by atoms with van der Waals surface area (Å²) in [6.45, 7) is 8.92. The Morgan fingerprint density at radius 3 is 1.76 bits per heavy atom. The summed E-state index contributed by atoms with van der Waals surface area (Å²) in [4.78, 5) is 9.41. The predicted molar refractivity (Wildman–Crippen MR) is 234 cm³/mol. The zero-order valence-electron chi connectivity index (χ0n) is 32.3. The summed E-state index contributed by atoms with van der Waals surface area (Å²) in [5.41, 5.74) is 12.8. The van der Waals surface area contributed by atoms with Crippen LogP contribution >= 0.6 is 0 Å². The molecule has 0 amide bonds. The number of benzene rings is 7. The van der Waals surface area contributed by atoms with Gasteiger partial charge in [-0.3, -0.25) is 0 Å². The maximum atomic E-state index is 6.57. The Bertz CT molecular complexity index is 2860. The molecule has 0 bridgehead atoms. The number of hydrogen-bond acceptors (Lipinski definition) is 4. The maximum Gasteiger partial charge on any atom is 0.143 e. The minimum Gasteiger partial charge on any atom is -0.509 e. The van der Waals surface area contributed by atoms with Crippen molar-refractivity contribution in [2.75, 3.05) is 9.80 Å². The van der Waals surface area contributed by atoms with Crippen molar-refractivity contribution in [3.05, 3.63) is 200 Å². The monoisotopic (exact) mass is 930 g/mol. The Kier molecular flexibility index (Phi) is 9.71. The van der Waals surface area contributed by atoms with Crippen molar-refractivity contribution in [3.8, 4) is 39.4 Å². The van der Waals surface area contributed by atoms with Crippen LogP contribution in [0.1, 0.15) is 26.3 Å². The maximum absolute atomic E-state index is 6.57. The second-order valence-electron chi connectivity index (χ2n) is 15.3. The SMILES string of the molecule is CC(C)(C)c1ccnc2c1c1ccccc1n2-c1[c-]c(Oc2[c-]c(N3[CH-]N(c4c(-c5ccccc5)cccc4-c4ccccc4)c4ccccc43)ccc2)ccc1.[Pt]. The van der Waals surface area contributed by atoms with Crippen molar-refractivity contribution in [2.24, 2.45) is 0 Å². The summed E-state index contributed by atoms with van der Waals surface area (Å²) < 4.78 is 8.76. The molecule has 1 aliphatic rings. The van der Waals surface area contributed by atoms with E-state index in [-0.39, 0.29) is 26.5 Å². The second kappa shape index (κ2) is 15.2. The molecule has 1 aliphatic heterocycles. The van der Waals surface area contributed by atoms with Gasteiger partial charge in [0.2, 0.25) is 0 Å². The van der Waals surface area contributed by atoms with Gasteiger partial charge in [-0.25, -0.2) is 4.98 Å². The molecule has 0 atom stereocenters. The van der Waals surface area contributed by atoms with Crippen LogP contribution in [0.5, 0.6) is 11.5 Å². The van der Waals surface area contributed by atoms with E-state index in [4.69, 9.17) is 9.72 Å². The van der Waals surface area contributed by atoms with Gasteiger partial charge in [-0.05, 0) is 46.4 Å². The number of nitrogens with zero attached hydrogens (tertiary/aromatic N) is 4. The van der Waals surface area contributed by atoms with E-state index < -0.39 is 0 Å². The number of ether oxygens (including phenoxy) is 1. The van der Waals surface area contributed by atoms with E-state index >= 15 is 0 Å². The summed E-state index contributed by atoms with van der Waals surface area (Å²) in [5.74, 6) is 1.19. The molecule has 0 N–H and O–H groups in total. The van der Waals surface area contributed by atoms with Crippen LogP contribution in [0.3, 0.4) is 0 Å². The predicted octanol–water partition coefficient (Wildman–Crippen LogP) is 13.6. The fraction of sp³-hybridized carbons (Fsp3) is 0.0769. The number of fused-ring (bicyclic) bond motifs is 4. The molecule has 0 saturated heterocycles. The first-order valence-electron chi connectivity index (χ1n) is 19.3. The van der Waals surface area contributed by atoms with Gasteiger partial charge in [-0.1, -0.05) is 136 Å². The average molecular weight is 931 g/mol. The molecule has 6 heteroatoms. The van der Waals surface area contributed by atoms with Gasteiger partial charge in [0.15, 0.2) is 0 Å². The van der Waals surface area contributed by atoms with E-state index in [0.717, 1.165) is 61.9 Å². The fourth-order valence-corrected chi connectivity index (χ4v) is 8.12. The Hall–Kier alpha value is -6.42. The molecule has 10 rings (SSSR count). The van der Waals surface area contributed by atoms with Gasteiger partial charge in [0.05, 0.1) is 5.52 Å². The van der Waals surface area contributed by atoms with Gasteiger partial charge in [-0.2, -0.15) is 12.1 Å². The molecule has 9 aromatic rings. The van der Waals surface area contributed by atoms with Crippen LogP contribution in [-0.4, -0.2) is 9.55 Å². The summed E-state index contributed by atoms with van der Waals surface area (Å²) >= 11 is 0. The van der Waals surface area contributed by atoms with Crippen LogP contribution in [0.4, 0.5) is 22.7 Å². The third kappa shape index (κ3) is 6.56. The van der Waals surface area contributed by atoms with Gasteiger partial charge < -0.3 is 19.1 Å². The topological polar surface area (TPSA) is 33.5 Å². The molecule has 286 valence electrons. The van der Waals surface area contributed by atoms with Crippen LogP contribution in [-0.2, 0) is 26.5 Å². The van der Waals surface area contributed by atoms with Crippen molar-refractivity contribution >= 4 is 44.7 Å². The number of rotatable bonds is 7. The molecule has 3 heterocycles. The summed E-state index contributed by atoms with van der Waals surface area (Å²) in [6, 6.07) is 66.1. The van der Waals surface area contributed by atoms with Gasteiger partial charge in [0.25, 0.3) is 0 Å². The second-order valence-corrected chi connectivity index (χ2v) is 15.3. The first kappa shape index (κ1) is 37.2. The fourth-order valence-electron chi connectivity index (χ4n) is 8.12. The summed E-state index contributed by atoms with van der Waals surface area (Å²) in [7, 11) is 0. The van der Waals surface area contributed by atoms with Crippen LogP contribution in [0.15, 0.2) is 176 Å². The molecule has 0 saturated carbocycles. The number of anilines is 4. The van der Waals surface area contributed by atoms with Crippen LogP contribution in [0.25, 0.3) is 49.9 Å². The standard InChI is InChI=1S/C52H39N4O.Pt/c1-52(2,3)45-31-32-53-51-49(45)44-25-10-11-28-46(44)56(51)39-22-15-24-41(34-39)57-40-23-14-21-38(33-40)54-35-55(48-30-13-12-29-47(48)54)50-42(36-17-6-4-7-18-36)26-16-27-43(50)37-19-8-5-9-20-37;/h4-32,35H,1-3H3;/q-3;. The first-order valence-corrected chi connectivity index (χ1v) is 19.3. The minimum atomic E-state index is -0.0502. The molecule has 2 aromatic heterocycles. The third-order valence-electron chi connectivity index (χ3n) is 10.7. The van der Waals surface area contributed by atoms with E-state index in [9.17, 15) is 0 Å². The van der Waals surface area contributed by atoms with Gasteiger partial charge >= 0.3 is 0 Å². The van der Waals surface area contributed by atoms with Crippen LogP contribution in [0, 0.1) is 18.8 Å². The van der Waals surface area contributed by atoms with Crippen LogP contribution in [0.2, 0.25) is 0 Å². The average Bonchev–Trinajstić information content (AvgIpc) is 3.80. The molecule has 0 spiro atoms. The van der Waals surface area contributed by atoms with E-state index in [1.807, 2.05) is 30.5 Å². The van der Waals surface area contributed by atoms with Crippen molar-refractivity contribution in [3.63, 3.8) is 0 Å². The molecule has 0 aliphatic carbocycles. The summed E-state index contributed by atoms with van der Waals surface area (Å²) in [5, 5.41) is 2.34. The smallest absolute Gasteiger partial charge is 0.143 e. The molecular weight excluding hydrogens is 892 g/mol. The first-order chi connectivity index (χ1) is 27.9. The minimum absolute atomic E-state index is 0. The van der Waals surface area contributed by atoms with Crippen molar-refractivity contribution < 1.29 is 25.8 Å². The van der Waals surface area contributed by atoms with E-state index in [1.165, 1.54) is 16.3 Å². The Morgan fingerprint density at radius 1 is 0.552 bits per heavy atom. The largest absolute Gasteiger partial charge is 0.509 e. The molecule has 0 unspecified atom stereocenters. The van der Waals surface area contributed by atoms with Crippen LogP contribution < -0.4 is 14.5 Å². The zero-order chi connectivity index (χ0) is 38.5. The third-order valence-corrected chi connectivity index (χ3v) is 10.7. The quantitative estimate of drug-likeness (QED) is 0.149. The van der Waals surface area contributed by atoms with Crippen molar-refractivity contribution in [2.45, 2.75) is 26.2 Å². The van der Waals surface area contributed by atoms with E-state index in [2.05, 4.69) is 200 Å². The van der Waals surface area contributed by atoms with Gasteiger partial charge in [-0.15, -0.1) is 48.8 Å². The normalized spacial score (nSPS) is 12.5. The number of para-hydroxylation sites is 4. The molecule has 58 heavy (non-hydrogen) atoms. The molecule has 0 fully saturated rings. The molecule has 7 aromatic carbocycles. The molecule has 0 radical (unpaired) electrons. The molecular formula is C52H39N4OPt-3. The van der Waals surface area contributed by atoms with E-state index in [1.54, 1.807) is 0 Å². The summed E-state index contributed by atoms with van der Waals surface area (Å²) in [6.07, 6.45) is 1.91. The Labute approximate surface area is 354 Å². The van der Waals surface area contributed by atoms with Gasteiger partial charge in [0.1, 0.15) is 5.65 Å². The number of aromatic nitrogens is 2. The number of pyridine rings is 1. The van der Waals surface area contributed by atoms with Crippen molar-refractivity contribution in [1.82, 2.24) is 9.55 Å². The number of hydrogen-bond donors (Lipinski definition) is 0. The Morgan fingerprint density at radius 2 is 1.10 bits per heavy atom. The van der Waals surface area contributed by atoms with Gasteiger partial charge in [0, 0.05) is 77.7 Å². The molecule has 5 nitrogen and oxygen atoms in total.